The van der Waals surface area contributed by atoms with Gasteiger partial charge in [-0.15, -0.1) is 0 Å². The topological polar surface area (TPSA) is 49.8 Å². The quantitative estimate of drug-likeness (QED) is 0.847. The monoisotopic (exact) mass is 313 g/mol. The number of hydrogen-bond acceptors (Lipinski definition) is 3. The van der Waals surface area contributed by atoms with Gasteiger partial charge in [0.2, 0.25) is 0 Å². The molecular formula is C19H23NO3. The van der Waals surface area contributed by atoms with Gasteiger partial charge in [-0.25, -0.2) is 0 Å². The standard InChI is InChI=1S/C19H23NO3/c1-2-23-17-14-16(21)19(17)10-12-20(13-11-19)18(22)9-8-15-6-4-3-5-7-15/h3-7,16-17,21H,2,10-14H2,1H3/t16-,17+/m0/s1. The fourth-order valence-corrected chi connectivity index (χ4v) is 3.67. The number of carbonyl (C=O) groups is 1. The van der Waals surface area contributed by atoms with Crippen molar-refractivity contribution < 1.29 is 14.6 Å². The van der Waals surface area contributed by atoms with Gasteiger partial charge in [0.1, 0.15) is 0 Å². The van der Waals surface area contributed by atoms with Crippen LogP contribution < -0.4 is 0 Å². The molecule has 0 aromatic heterocycles. The minimum absolute atomic E-state index is 0.134. The summed E-state index contributed by atoms with van der Waals surface area (Å²) in [7, 11) is 0. The Balaban J connectivity index is 1.59. The Morgan fingerprint density at radius 3 is 2.65 bits per heavy atom. The number of ether oxygens (including phenoxy) is 1. The maximum atomic E-state index is 12.2. The summed E-state index contributed by atoms with van der Waals surface area (Å²) in [5.74, 6) is 5.50. The van der Waals surface area contributed by atoms with E-state index in [4.69, 9.17) is 4.74 Å². The van der Waals surface area contributed by atoms with Crippen molar-refractivity contribution in [2.45, 2.75) is 38.4 Å². The summed E-state index contributed by atoms with van der Waals surface area (Å²) in [6.45, 7) is 3.94. The highest BCUT2D eigenvalue weighted by atomic mass is 16.5. The average Bonchev–Trinajstić information content (AvgIpc) is 2.60. The highest BCUT2D eigenvalue weighted by molar-refractivity contribution is 5.94. The molecule has 0 radical (unpaired) electrons. The van der Waals surface area contributed by atoms with Crippen LogP contribution in [0.1, 0.15) is 31.7 Å². The summed E-state index contributed by atoms with van der Waals surface area (Å²) in [6, 6.07) is 9.53. The lowest BCUT2D eigenvalue weighted by atomic mass is 9.58. The Bertz CT molecular complexity index is 606. The van der Waals surface area contributed by atoms with E-state index >= 15 is 0 Å². The molecule has 2 fully saturated rings. The normalized spacial score (nSPS) is 25.4. The summed E-state index contributed by atoms with van der Waals surface area (Å²) in [4.78, 5) is 14.0. The van der Waals surface area contributed by atoms with Gasteiger partial charge in [0.05, 0.1) is 12.2 Å². The van der Waals surface area contributed by atoms with Gasteiger partial charge in [-0.1, -0.05) is 24.1 Å². The molecule has 0 bridgehead atoms. The van der Waals surface area contributed by atoms with Crippen LogP contribution in [0.5, 0.6) is 0 Å². The predicted octanol–water partition coefficient (Wildman–Crippen LogP) is 1.82. The average molecular weight is 313 g/mol. The van der Waals surface area contributed by atoms with Crippen molar-refractivity contribution in [1.82, 2.24) is 4.90 Å². The molecular weight excluding hydrogens is 290 g/mol. The van der Waals surface area contributed by atoms with E-state index in [1.165, 1.54) is 0 Å². The molecule has 1 heterocycles. The number of aliphatic hydroxyl groups is 1. The van der Waals surface area contributed by atoms with Crippen LogP contribution in [0.25, 0.3) is 0 Å². The van der Waals surface area contributed by atoms with Gasteiger partial charge < -0.3 is 14.7 Å². The Morgan fingerprint density at radius 1 is 1.35 bits per heavy atom. The number of likely N-dealkylation sites (tertiary alicyclic amines) is 1. The van der Waals surface area contributed by atoms with E-state index in [0.717, 1.165) is 24.8 Å². The van der Waals surface area contributed by atoms with Crippen molar-refractivity contribution in [2.24, 2.45) is 5.41 Å². The number of aliphatic hydroxyl groups excluding tert-OH is 1. The minimum Gasteiger partial charge on any atom is -0.392 e. The predicted molar refractivity (Wildman–Crippen MR) is 87.6 cm³/mol. The fourth-order valence-electron chi connectivity index (χ4n) is 3.67. The Kier molecular flexibility index (Phi) is 4.70. The highest BCUT2D eigenvalue weighted by Gasteiger charge is 2.56. The Labute approximate surface area is 137 Å². The second-order valence-electron chi connectivity index (χ2n) is 6.34. The lowest BCUT2D eigenvalue weighted by molar-refractivity contribution is -0.209. The molecule has 1 aliphatic carbocycles. The largest absolute Gasteiger partial charge is 0.392 e. The van der Waals surface area contributed by atoms with E-state index in [0.29, 0.717) is 19.7 Å². The summed E-state index contributed by atoms with van der Waals surface area (Å²) >= 11 is 0. The number of amides is 1. The fraction of sp³-hybridized carbons (Fsp3) is 0.526. The van der Waals surface area contributed by atoms with Crippen molar-refractivity contribution in [2.75, 3.05) is 19.7 Å². The zero-order valence-corrected chi connectivity index (χ0v) is 13.5. The second kappa shape index (κ2) is 6.74. The molecule has 1 aliphatic heterocycles. The third-order valence-corrected chi connectivity index (χ3v) is 5.18. The molecule has 1 N–H and O–H groups in total. The first-order valence-electron chi connectivity index (χ1n) is 8.31. The van der Waals surface area contributed by atoms with Crippen molar-refractivity contribution in [1.29, 1.82) is 0 Å². The first-order valence-corrected chi connectivity index (χ1v) is 8.31. The maximum absolute atomic E-state index is 12.2. The summed E-state index contributed by atoms with van der Waals surface area (Å²) in [5.41, 5.74) is 0.694. The van der Waals surface area contributed by atoms with Gasteiger partial charge in [0, 0.05) is 43.0 Å². The van der Waals surface area contributed by atoms with Crippen molar-refractivity contribution in [3.05, 3.63) is 35.9 Å². The van der Waals surface area contributed by atoms with E-state index in [2.05, 4.69) is 11.8 Å². The van der Waals surface area contributed by atoms with Crippen LogP contribution >= 0.6 is 0 Å². The zero-order chi connectivity index (χ0) is 16.3. The molecule has 23 heavy (non-hydrogen) atoms. The van der Waals surface area contributed by atoms with Crippen LogP contribution in [0.4, 0.5) is 0 Å². The highest BCUT2D eigenvalue weighted by Crippen LogP contribution is 2.50. The van der Waals surface area contributed by atoms with Crippen molar-refractivity contribution in [3.8, 4) is 11.8 Å². The molecule has 1 aromatic rings. The molecule has 1 spiro atoms. The van der Waals surface area contributed by atoms with Crippen LogP contribution in [0.15, 0.2) is 30.3 Å². The van der Waals surface area contributed by atoms with Crippen LogP contribution in [0.3, 0.4) is 0 Å². The van der Waals surface area contributed by atoms with Crippen LogP contribution in [0.2, 0.25) is 0 Å². The van der Waals surface area contributed by atoms with Crippen molar-refractivity contribution >= 4 is 5.91 Å². The molecule has 2 aliphatic rings. The summed E-state index contributed by atoms with van der Waals surface area (Å²) in [5, 5.41) is 10.2. The Morgan fingerprint density at radius 2 is 2.04 bits per heavy atom. The van der Waals surface area contributed by atoms with Gasteiger partial charge in [-0.3, -0.25) is 4.79 Å². The zero-order valence-electron chi connectivity index (χ0n) is 13.5. The van der Waals surface area contributed by atoms with E-state index < -0.39 is 0 Å². The molecule has 0 unspecified atom stereocenters. The number of piperidine rings is 1. The van der Waals surface area contributed by atoms with Crippen LogP contribution in [0, 0.1) is 17.3 Å². The maximum Gasteiger partial charge on any atom is 0.298 e. The molecule has 122 valence electrons. The first kappa shape index (κ1) is 16.0. The number of rotatable bonds is 2. The molecule has 4 heteroatoms. The van der Waals surface area contributed by atoms with E-state index in [9.17, 15) is 9.90 Å². The summed E-state index contributed by atoms with van der Waals surface area (Å²) < 4.78 is 5.75. The summed E-state index contributed by atoms with van der Waals surface area (Å²) in [6.07, 6.45) is 2.13. The third-order valence-electron chi connectivity index (χ3n) is 5.18. The van der Waals surface area contributed by atoms with Gasteiger partial charge in [0.15, 0.2) is 0 Å². The molecule has 1 aromatic carbocycles. The smallest absolute Gasteiger partial charge is 0.298 e. The molecule has 1 amide bonds. The van der Waals surface area contributed by atoms with E-state index in [1.807, 2.05) is 37.3 Å². The molecule has 3 rings (SSSR count). The SMILES string of the molecule is CCO[C@@H]1C[C@H](O)C12CCN(C(=O)C#Cc1ccccc1)CC2. The number of hydrogen-bond donors (Lipinski definition) is 1. The second-order valence-corrected chi connectivity index (χ2v) is 6.34. The minimum atomic E-state index is -0.299. The van der Waals surface area contributed by atoms with Crippen LogP contribution in [-0.4, -0.2) is 47.8 Å². The first-order chi connectivity index (χ1) is 11.2. The van der Waals surface area contributed by atoms with Crippen molar-refractivity contribution in [3.63, 3.8) is 0 Å². The van der Waals surface area contributed by atoms with E-state index in [1.54, 1.807) is 4.90 Å². The van der Waals surface area contributed by atoms with Crippen LogP contribution in [-0.2, 0) is 9.53 Å². The van der Waals surface area contributed by atoms with Gasteiger partial charge in [-0.05, 0) is 31.9 Å². The number of carbonyl (C=O) groups excluding carboxylic acids is 1. The lowest BCUT2D eigenvalue weighted by Crippen LogP contribution is -2.62. The third kappa shape index (κ3) is 3.12. The van der Waals surface area contributed by atoms with Gasteiger partial charge >= 0.3 is 0 Å². The number of nitrogens with zero attached hydrogens (tertiary/aromatic N) is 1. The molecule has 1 saturated heterocycles. The molecule has 1 saturated carbocycles. The van der Waals surface area contributed by atoms with Gasteiger partial charge in [0.25, 0.3) is 5.91 Å². The molecule has 4 nitrogen and oxygen atoms in total. The lowest BCUT2D eigenvalue weighted by Gasteiger charge is -2.56. The number of benzene rings is 1. The van der Waals surface area contributed by atoms with Gasteiger partial charge in [-0.2, -0.15) is 0 Å². The molecule has 2 atom stereocenters. The van der Waals surface area contributed by atoms with E-state index in [-0.39, 0.29) is 23.5 Å². The Hall–Kier alpha value is -1.83.